The Morgan fingerprint density at radius 2 is 1.50 bits per heavy atom. The number of rotatable bonds is 2. The summed E-state index contributed by atoms with van der Waals surface area (Å²) in [7, 11) is 0. The fraction of sp³-hybridized carbons (Fsp3) is 0.950. The van der Waals surface area contributed by atoms with Crippen LogP contribution in [-0.2, 0) is 4.79 Å². The van der Waals surface area contributed by atoms with E-state index in [0.29, 0.717) is 23.8 Å². The predicted molar refractivity (Wildman–Crippen MR) is 96.6 cm³/mol. The zero-order valence-electron chi connectivity index (χ0n) is 15.2. The Hall–Kier alpha value is -0.610. The summed E-state index contributed by atoms with van der Waals surface area (Å²) in [4.78, 5) is 18.0. The van der Waals surface area contributed by atoms with E-state index in [-0.39, 0.29) is 5.92 Å². The molecule has 24 heavy (non-hydrogen) atoms. The van der Waals surface area contributed by atoms with E-state index >= 15 is 0 Å². The molecule has 4 fully saturated rings. The van der Waals surface area contributed by atoms with Crippen molar-refractivity contribution in [2.45, 2.75) is 76.3 Å². The topological polar surface area (TPSA) is 49.6 Å². The van der Waals surface area contributed by atoms with Crippen molar-refractivity contribution in [3.8, 4) is 0 Å². The first kappa shape index (κ1) is 16.8. The molecule has 4 aliphatic rings. The summed E-state index contributed by atoms with van der Waals surface area (Å²) in [5.74, 6) is 1.92. The summed E-state index contributed by atoms with van der Waals surface area (Å²) < 4.78 is 0. The monoisotopic (exact) mass is 333 g/mol. The van der Waals surface area contributed by atoms with Crippen LogP contribution in [0.25, 0.3) is 0 Å². The van der Waals surface area contributed by atoms with Gasteiger partial charge in [0.15, 0.2) is 0 Å². The van der Waals surface area contributed by atoms with Crippen LogP contribution < -0.4 is 5.73 Å². The minimum absolute atomic E-state index is 0.262. The van der Waals surface area contributed by atoms with Crippen LogP contribution in [0, 0.1) is 17.8 Å². The van der Waals surface area contributed by atoms with Crippen molar-refractivity contribution in [3.63, 3.8) is 0 Å². The highest BCUT2D eigenvalue weighted by molar-refractivity contribution is 5.79. The van der Waals surface area contributed by atoms with Crippen LogP contribution in [0.1, 0.15) is 64.2 Å². The van der Waals surface area contributed by atoms with Gasteiger partial charge in [-0.15, -0.1) is 0 Å². The lowest BCUT2D eigenvalue weighted by atomic mass is 9.65. The van der Waals surface area contributed by atoms with Gasteiger partial charge in [-0.2, -0.15) is 0 Å². The Morgan fingerprint density at radius 1 is 0.792 bits per heavy atom. The van der Waals surface area contributed by atoms with Gasteiger partial charge < -0.3 is 10.6 Å². The molecule has 4 nitrogen and oxygen atoms in total. The van der Waals surface area contributed by atoms with Crippen LogP contribution in [0.3, 0.4) is 0 Å². The quantitative estimate of drug-likeness (QED) is 0.845. The van der Waals surface area contributed by atoms with Gasteiger partial charge in [-0.1, -0.05) is 19.3 Å². The van der Waals surface area contributed by atoms with Gasteiger partial charge >= 0.3 is 0 Å². The summed E-state index contributed by atoms with van der Waals surface area (Å²) in [6.45, 7) is 4.21. The molecular weight excluding hydrogens is 298 g/mol. The van der Waals surface area contributed by atoms with Gasteiger partial charge in [0.05, 0.1) is 0 Å². The Morgan fingerprint density at radius 3 is 2.21 bits per heavy atom. The first-order chi connectivity index (χ1) is 11.7. The molecule has 0 aromatic carbocycles. The molecule has 0 aromatic rings. The maximum Gasteiger partial charge on any atom is 0.225 e. The Labute approximate surface area is 147 Å². The average Bonchev–Trinajstić information content (AvgIpc) is 2.99. The maximum atomic E-state index is 13.1. The van der Waals surface area contributed by atoms with E-state index in [1.54, 1.807) is 0 Å². The van der Waals surface area contributed by atoms with Crippen LogP contribution in [0.4, 0.5) is 0 Å². The summed E-state index contributed by atoms with van der Waals surface area (Å²) >= 11 is 0. The number of hydrogen-bond acceptors (Lipinski definition) is 3. The number of carbonyl (C=O) groups is 1. The molecular formula is C20H35N3O. The van der Waals surface area contributed by atoms with Gasteiger partial charge in [0.2, 0.25) is 5.91 Å². The standard InChI is InChI=1S/C20H35N3O/c21-19-15-5-3-6-16(19)14-17(13-15)20(24)23-10-4-9-22(11-12-23)18-7-1-2-8-18/h15-19H,1-14,21H2. The molecule has 0 aromatic heterocycles. The van der Waals surface area contributed by atoms with Crippen LogP contribution >= 0.6 is 0 Å². The van der Waals surface area contributed by atoms with Crippen LogP contribution in [0.2, 0.25) is 0 Å². The fourth-order valence-corrected chi connectivity index (χ4v) is 6.04. The first-order valence-electron chi connectivity index (χ1n) is 10.5. The number of amides is 1. The molecule has 2 unspecified atom stereocenters. The molecule has 4 rings (SSSR count). The highest BCUT2D eigenvalue weighted by Crippen LogP contribution is 2.42. The Balaban J connectivity index is 1.34. The molecule has 4 heteroatoms. The molecule has 1 amide bonds. The smallest absolute Gasteiger partial charge is 0.225 e. The molecule has 2 atom stereocenters. The predicted octanol–water partition coefficient (Wildman–Crippen LogP) is 2.62. The number of hydrogen-bond donors (Lipinski definition) is 1. The van der Waals surface area contributed by atoms with Crippen LogP contribution in [-0.4, -0.2) is 54.0 Å². The average molecular weight is 334 g/mol. The van der Waals surface area contributed by atoms with Crippen molar-refractivity contribution < 1.29 is 4.79 Å². The highest BCUT2D eigenvalue weighted by atomic mass is 16.2. The molecule has 0 spiro atoms. The number of fused-ring (bicyclic) bond motifs is 2. The van der Waals surface area contributed by atoms with E-state index in [2.05, 4.69) is 9.80 Å². The van der Waals surface area contributed by atoms with Crippen molar-refractivity contribution in [2.24, 2.45) is 23.5 Å². The van der Waals surface area contributed by atoms with E-state index in [9.17, 15) is 4.79 Å². The second-order valence-corrected chi connectivity index (χ2v) is 8.85. The SMILES string of the molecule is NC1C2CCCC1CC(C(=O)N1CCCN(C3CCCC3)CC1)C2. The fourth-order valence-electron chi connectivity index (χ4n) is 6.04. The third-order valence-electron chi connectivity index (χ3n) is 7.45. The zero-order valence-corrected chi connectivity index (χ0v) is 15.2. The second-order valence-electron chi connectivity index (χ2n) is 8.85. The van der Waals surface area contributed by atoms with E-state index < -0.39 is 0 Å². The normalized spacial score (nSPS) is 39.0. The number of nitrogens with two attached hydrogens (primary N) is 1. The van der Waals surface area contributed by atoms with Crippen molar-refractivity contribution in [1.29, 1.82) is 0 Å². The molecule has 3 aliphatic carbocycles. The van der Waals surface area contributed by atoms with Gasteiger partial charge in [0.25, 0.3) is 0 Å². The van der Waals surface area contributed by atoms with Crippen molar-refractivity contribution in [3.05, 3.63) is 0 Å². The molecule has 1 saturated heterocycles. The molecule has 3 saturated carbocycles. The van der Waals surface area contributed by atoms with Crippen molar-refractivity contribution in [2.75, 3.05) is 26.2 Å². The van der Waals surface area contributed by atoms with Crippen LogP contribution in [0.15, 0.2) is 0 Å². The Bertz CT molecular complexity index is 434. The lowest BCUT2D eigenvalue weighted by Crippen LogP contribution is -2.50. The third kappa shape index (κ3) is 3.37. The zero-order chi connectivity index (χ0) is 16.5. The lowest BCUT2D eigenvalue weighted by molar-refractivity contribution is -0.138. The first-order valence-corrected chi connectivity index (χ1v) is 10.5. The molecule has 1 aliphatic heterocycles. The number of nitrogens with zero attached hydrogens (tertiary/aromatic N) is 2. The molecule has 2 N–H and O–H groups in total. The lowest BCUT2D eigenvalue weighted by Gasteiger charge is -2.44. The molecule has 0 radical (unpaired) electrons. The Kier molecular flexibility index (Phi) is 5.14. The van der Waals surface area contributed by atoms with Gasteiger partial charge in [-0.25, -0.2) is 0 Å². The summed E-state index contributed by atoms with van der Waals surface area (Å²) in [6, 6.07) is 1.16. The molecule has 1 heterocycles. The van der Waals surface area contributed by atoms with E-state index in [0.717, 1.165) is 44.9 Å². The molecule has 2 bridgehead atoms. The third-order valence-corrected chi connectivity index (χ3v) is 7.45. The summed E-state index contributed by atoms with van der Waals surface area (Å²) in [5, 5.41) is 0. The highest BCUT2D eigenvalue weighted by Gasteiger charge is 2.41. The van der Waals surface area contributed by atoms with E-state index in [1.165, 1.54) is 51.5 Å². The summed E-state index contributed by atoms with van der Waals surface area (Å²) in [6.07, 6.45) is 12.6. The molecule has 136 valence electrons. The van der Waals surface area contributed by atoms with E-state index in [1.807, 2.05) is 0 Å². The second kappa shape index (κ2) is 7.33. The van der Waals surface area contributed by atoms with Gasteiger partial charge in [-0.05, 0) is 56.8 Å². The van der Waals surface area contributed by atoms with Gasteiger partial charge in [-0.3, -0.25) is 9.69 Å². The van der Waals surface area contributed by atoms with Crippen molar-refractivity contribution in [1.82, 2.24) is 9.80 Å². The van der Waals surface area contributed by atoms with Gasteiger partial charge in [0.1, 0.15) is 0 Å². The van der Waals surface area contributed by atoms with E-state index in [4.69, 9.17) is 5.73 Å². The van der Waals surface area contributed by atoms with Crippen molar-refractivity contribution >= 4 is 5.91 Å². The van der Waals surface area contributed by atoms with Gasteiger partial charge in [0, 0.05) is 44.2 Å². The number of carbonyl (C=O) groups excluding carboxylic acids is 1. The summed E-state index contributed by atoms with van der Waals surface area (Å²) in [5.41, 5.74) is 6.41. The maximum absolute atomic E-state index is 13.1. The largest absolute Gasteiger partial charge is 0.341 e. The minimum atomic E-state index is 0.262. The van der Waals surface area contributed by atoms with Crippen LogP contribution in [0.5, 0.6) is 0 Å². The minimum Gasteiger partial charge on any atom is -0.341 e.